The molecule has 7 rings (SSSR count). The van der Waals surface area contributed by atoms with Crippen LogP contribution in [0.25, 0.3) is 10.8 Å². The van der Waals surface area contributed by atoms with E-state index in [2.05, 4.69) is 15.5 Å². The zero-order valence-electron chi connectivity index (χ0n) is 23.4. The van der Waals surface area contributed by atoms with Gasteiger partial charge in [0.05, 0.1) is 22.7 Å². The van der Waals surface area contributed by atoms with Crippen LogP contribution in [0, 0.1) is 11.7 Å². The van der Waals surface area contributed by atoms with Gasteiger partial charge >= 0.3 is 0 Å². The topological polar surface area (TPSA) is 115 Å². The van der Waals surface area contributed by atoms with E-state index < -0.39 is 11.7 Å². The van der Waals surface area contributed by atoms with Crippen LogP contribution in [0.3, 0.4) is 0 Å². The predicted octanol–water partition coefficient (Wildman–Crippen LogP) is 3.37. The molecule has 43 heavy (non-hydrogen) atoms. The summed E-state index contributed by atoms with van der Waals surface area (Å²) in [6.45, 7) is 1.68. The zero-order valence-corrected chi connectivity index (χ0v) is 23.4. The maximum absolute atomic E-state index is 14.9. The number of carbonyl (C=O) groups is 3. The molecule has 3 aliphatic heterocycles. The van der Waals surface area contributed by atoms with Crippen LogP contribution in [0.4, 0.5) is 4.39 Å². The van der Waals surface area contributed by atoms with Gasteiger partial charge in [0, 0.05) is 49.5 Å². The van der Waals surface area contributed by atoms with Crippen molar-refractivity contribution >= 4 is 28.5 Å². The minimum absolute atomic E-state index is 0.0193. The maximum atomic E-state index is 14.9. The second-order valence-corrected chi connectivity index (χ2v) is 11.5. The number of nitrogens with zero attached hydrogens (tertiary/aromatic N) is 3. The highest BCUT2D eigenvalue weighted by Crippen LogP contribution is 2.36. The second-order valence-electron chi connectivity index (χ2n) is 11.5. The summed E-state index contributed by atoms with van der Waals surface area (Å²) in [4.78, 5) is 55.3. The molecule has 3 amide bonds. The van der Waals surface area contributed by atoms with Crippen LogP contribution in [0.15, 0.2) is 65.5 Å². The molecule has 0 radical (unpaired) electrons. The first-order valence-corrected chi connectivity index (χ1v) is 14.6. The fourth-order valence-corrected chi connectivity index (χ4v) is 6.82. The number of carbonyl (C=O) groups excluding carboxylic acids is 3. The van der Waals surface area contributed by atoms with Crippen molar-refractivity contribution in [1.29, 1.82) is 0 Å². The van der Waals surface area contributed by atoms with Crippen LogP contribution in [-0.2, 0) is 17.6 Å². The minimum Gasteiger partial charge on any atom is -0.350 e. The Balaban J connectivity index is 1.04. The van der Waals surface area contributed by atoms with E-state index >= 15 is 0 Å². The Hall–Kier alpha value is -4.86. The lowest BCUT2D eigenvalue weighted by Gasteiger charge is -2.43. The molecule has 0 bridgehead atoms. The van der Waals surface area contributed by atoms with Crippen LogP contribution in [0.1, 0.15) is 62.0 Å². The molecule has 9 nitrogen and oxygen atoms in total. The molecule has 2 N–H and O–H groups in total. The monoisotopic (exact) mass is 579 g/mol. The number of hydrogen-bond donors (Lipinski definition) is 2. The first-order valence-electron chi connectivity index (χ1n) is 14.6. The number of benzene rings is 3. The van der Waals surface area contributed by atoms with Crippen LogP contribution < -0.4 is 10.9 Å². The predicted molar refractivity (Wildman–Crippen MR) is 157 cm³/mol. The van der Waals surface area contributed by atoms with Crippen molar-refractivity contribution in [1.82, 2.24) is 25.3 Å². The Bertz CT molecular complexity index is 1850. The number of piperidine rings is 1. The quantitative estimate of drug-likeness (QED) is 0.385. The third kappa shape index (κ3) is 4.76. The van der Waals surface area contributed by atoms with Gasteiger partial charge in [0.15, 0.2) is 0 Å². The van der Waals surface area contributed by atoms with E-state index in [-0.39, 0.29) is 34.9 Å². The minimum atomic E-state index is -0.603. The molecule has 3 aromatic carbocycles. The lowest BCUT2D eigenvalue weighted by molar-refractivity contribution is -0.140. The van der Waals surface area contributed by atoms with E-state index in [0.29, 0.717) is 79.5 Å². The number of H-pyrrole nitrogens is 1. The van der Waals surface area contributed by atoms with Gasteiger partial charge in [0.2, 0.25) is 5.91 Å². The molecule has 4 aromatic rings. The first kappa shape index (κ1) is 27.0. The normalized spacial score (nSPS) is 18.3. The molecular weight excluding hydrogens is 549 g/mol. The highest BCUT2D eigenvalue weighted by molar-refractivity contribution is 5.98. The lowest BCUT2D eigenvalue weighted by Crippen LogP contribution is -2.52. The third-order valence-corrected chi connectivity index (χ3v) is 9.05. The number of amides is 3. The fraction of sp³-hybridized carbons (Fsp3) is 0.303. The standard InChI is InChI=1S/C33H30FN5O4/c34-26-9-8-19(17-27-22-5-1-2-6-23(22)31(41)37-36-27)16-25(26)33(43)38-13-10-21(11-14-38)32(42)39-15-12-20-4-3-7-24-29(20)28(39)18-35-30(24)40/h1-9,16,21,28H,10-15,17-18H2,(H,35,40)(H,37,41). The average molecular weight is 580 g/mol. The highest BCUT2D eigenvalue weighted by Gasteiger charge is 2.40. The lowest BCUT2D eigenvalue weighted by atomic mass is 9.84. The smallest absolute Gasteiger partial charge is 0.272 e. The third-order valence-electron chi connectivity index (χ3n) is 9.05. The summed E-state index contributed by atoms with van der Waals surface area (Å²) < 4.78 is 14.9. The van der Waals surface area contributed by atoms with Gasteiger partial charge in [0.25, 0.3) is 17.4 Å². The number of aromatic amines is 1. The van der Waals surface area contributed by atoms with Crippen LogP contribution in [-0.4, -0.2) is 63.9 Å². The molecular formula is C33H30FN5O4. The summed E-state index contributed by atoms with van der Waals surface area (Å²) in [7, 11) is 0. The first-order chi connectivity index (χ1) is 20.9. The van der Waals surface area contributed by atoms with Crippen molar-refractivity contribution in [3.8, 4) is 0 Å². The zero-order chi connectivity index (χ0) is 29.7. The molecule has 3 aliphatic rings. The number of fused-ring (bicyclic) bond motifs is 1. The number of aromatic nitrogens is 2. The molecule has 4 heterocycles. The molecule has 10 heteroatoms. The molecule has 1 aromatic heterocycles. The van der Waals surface area contributed by atoms with E-state index in [0.717, 1.165) is 11.1 Å². The maximum Gasteiger partial charge on any atom is 0.272 e. The van der Waals surface area contributed by atoms with Gasteiger partial charge in [-0.25, -0.2) is 9.49 Å². The summed E-state index contributed by atoms with van der Waals surface area (Å²) in [6, 6.07) is 17.2. The highest BCUT2D eigenvalue weighted by atomic mass is 19.1. The van der Waals surface area contributed by atoms with Gasteiger partial charge in [-0.3, -0.25) is 19.2 Å². The van der Waals surface area contributed by atoms with Gasteiger partial charge < -0.3 is 15.1 Å². The van der Waals surface area contributed by atoms with Crippen LogP contribution in [0.2, 0.25) is 0 Å². The Morgan fingerprint density at radius 2 is 1.74 bits per heavy atom. The summed E-state index contributed by atoms with van der Waals surface area (Å²) in [5.41, 5.74) is 3.74. The van der Waals surface area contributed by atoms with Crippen molar-refractivity contribution < 1.29 is 18.8 Å². The largest absolute Gasteiger partial charge is 0.350 e. The molecule has 1 saturated heterocycles. The van der Waals surface area contributed by atoms with Gasteiger partial charge in [-0.05, 0) is 60.2 Å². The Morgan fingerprint density at radius 1 is 0.953 bits per heavy atom. The number of nitrogens with one attached hydrogen (secondary N) is 2. The van der Waals surface area contributed by atoms with Gasteiger partial charge in [-0.2, -0.15) is 5.10 Å². The van der Waals surface area contributed by atoms with Crippen molar-refractivity contribution in [2.24, 2.45) is 5.92 Å². The van der Waals surface area contributed by atoms with E-state index in [1.165, 1.54) is 6.07 Å². The van der Waals surface area contributed by atoms with Crippen molar-refractivity contribution in [2.75, 3.05) is 26.2 Å². The molecule has 1 fully saturated rings. The number of hydrogen-bond acceptors (Lipinski definition) is 5. The van der Waals surface area contributed by atoms with E-state index in [1.54, 1.807) is 29.2 Å². The summed E-state index contributed by atoms with van der Waals surface area (Å²) >= 11 is 0. The molecule has 0 aliphatic carbocycles. The molecule has 218 valence electrons. The summed E-state index contributed by atoms with van der Waals surface area (Å²) in [5, 5.41) is 10.9. The Kier molecular flexibility index (Phi) is 6.76. The fourth-order valence-electron chi connectivity index (χ4n) is 6.82. The van der Waals surface area contributed by atoms with Crippen molar-refractivity contribution in [3.63, 3.8) is 0 Å². The SMILES string of the molecule is O=C1NCC2c3c(cccc31)CCN2C(=O)C1CCN(C(=O)c2cc(Cc3n[nH]c(=O)c4ccccc34)ccc2F)CC1. The number of likely N-dealkylation sites (tertiary alicyclic amines) is 1. The molecule has 1 atom stereocenters. The van der Waals surface area contributed by atoms with Crippen molar-refractivity contribution in [2.45, 2.75) is 31.7 Å². The van der Waals surface area contributed by atoms with Crippen LogP contribution in [0.5, 0.6) is 0 Å². The summed E-state index contributed by atoms with van der Waals surface area (Å²) in [5.74, 6) is -1.31. The number of halogens is 1. The van der Waals surface area contributed by atoms with Gasteiger partial charge in [-0.1, -0.05) is 36.4 Å². The van der Waals surface area contributed by atoms with Gasteiger partial charge in [-0.15, -0.1) is 0 Å². The van der Waals surface area contributed by atoms with Gasteiger partial charge in [0.1, 0.15) is 5.82 Å². The summed E-state index contributed by atoms with van der Waals surface area (Å²) in [6.07, 6.45) is 2.00. The molecule has 0 spiro atoms. The van der Waals surface area contributed by atoms with Crippen molar-refractivity contribution in [3.05, 3.63) is 110 Å². The average Bonchev–Trinajstić information content (AvgIpc) is 3.04. The molecule has 1 unspecified atom stereocenters. The Morgan fingerprint density at radius 3 is 2.56 bits per heavy atom. The number of rotatable bonds is 4. The van der Waals surface area contributed by atoms with Crippen LogP contribution >= 0.6 is 0 Å². The van der Waals surface area contributed by atoms with E-state index in [4.69, 9.17) is 0 Å². The Labute approximate surface area is 246 Å². The van der Waals surface area contributed by atoms with E-state index in [1.807, 2.05) is 35.2 Å². The van der Waals surface area contributed by atoms with E-state index in [9.17, 15) is 23.6 Å². The molecule has 0 saturated carbocycles. The second kappa shape index (κ2) is 10.8.